The molecule has 0 radical (unpaired) electrons. The van der Waals surface area contributed by atoms with Crippen LogP contribution in [0.5, 0.6) is 0 Å². The molecule has 58 valence electrons. The van der Waals surface area contributed by atoms with E-state index < -0.39 is 5.97 Å². The van der Waals surface area contributed by atoms with E-state index in [2.05, 4.69) is 15.6 Å². The topological polar surface area (TPSA) is 100 Å². The molecule has 0 saturated heterocycles. The zero-order valence-electron chi connectivity index (χ0n) is 5.60. The summed E-state index contributed by atoms with van der Waals surface area (Å²) in [5.74, 6) is -0.669. The molecule has 10 heavy (non-hydrogen) atoms. The number of nitrogens with two attached hydrogens (primary N) is 1. The first-order chi connectivity index (χ1) is 4.66. The van der Waals surface area contributed by atoms with E-state index in [-0.39, 0.29) is 12.5 Å². The average molecular weight is 146 g/mol. The second-order valence-corrected chi connectivity index (χ2v) is 1.47. The summed E-state index contributed by atoms with van der Waals surface area (Å²) in [6, 6.07) is 0. The number of rotatable bonds is 3. The minimum absolute atomic E-state index is 0.0178. The van der Waals surface area contributed by atoms with Crippen LogP contribution in [-0.4, -0.2) is 25.6 Å². The predicted octanol–water partition coefficient (Wildman–Crippen LogP) is -1.85. The van der Waals surface area contributed by atoms with E-state index in [9.17, 15) is 4.79 Å². The molecule has 0 spiro atoms. The highest BCUT2D eigenvalue weighted by molar-refractivity contribution is 5.75. The van der Waals surface area contributed by atoms with Gasteiger partial charge in [-0.1, -0.05) is 0 Å². The normalized spacial score (nSPS) is 8.50. The van der Waals surface area contributed by atoms with Crippen LogP contribution in [-0.2, 0) is 9.53 Å². The zero-order chi connectivity index (χ0) is 7.98. The lowest BCUT2D eigenvalue weighted by Crippen LogP contribution is -2.44. The predicted molar refractivity (Wildman–Crippen MR) is 35.1 cm³/mol. The number of hydrazine groups is 1. The van der Waals surface area contributed by atoms with Gasteiger partial charge in [0.25, 0.3) is 0 Å². The molecule has 0 fully saturated rings. The van der Waals surface area contributed by atoms with Crippen molar-refractivity contribution in [2.24, 2.45) is 5.73 Å². The molecule has 0 bridgehead atoms. The van der Waals surface area contributed by atoms with Crippen molar-refractivity contribution in [1.82, 2.24) is 10.9 Å². The minimum atomic E-state index is -0.422. The lowest BCUT2D eigenvalue weighted by molar-refractivity contribution is -0.139. The maximum atomic E-state index is 10.4. The summed E-state index contributed by atoms with van der Waals surface area (Å²) in [4.78, 5) is 10.4. The number of esters is 1. The highest BCUT2D eigenvalue weighted by Gasteiger charge is 1.96. The third kappa shape index (κ3) is 4.85. The number of ether oxygens (including phenoxy) is 1. The number of nitrogens with one attached hydrogen (secondary N) is 3. The van der Waals surface area contributed by atoms with E-state index in [0.29, 0.717) is 0 Å². The lowest BCUT2D eigenvalue weighted by atomic mass is 10.7. The van der Waals surface area contributed by atoms with Gasteiger partial charge in [0, 0.05) is 0 Å². The van der Waals surface area contributed by atoms with Crippen molar-refractivity contribution in [3.05, 3.63) is 0 Å². The fourth-order valence-corrected chi connectivity index (χ4v) is 0.284. The van der Waals surface area contributed by atoms with E-state index in [0.717, 1.165) is 0 Å². The molecule has 0 aliphatic rings. The summed E-state index contributed by atoms with van der Waals surface area (Å²) in [6.45, 7) is -0.0178. The third-order valence-electron chi connectivity index (χ3n) is 0.683. The standard InChI is InChI=1S/C4H10N4O2/c1-10-3(9)2-7-8-4(5)6/h7H,2H2,1H3,(H4,5,6,8). The minimum Gasteiger partial charge on any atom is -0.468 e. The molecule has 0 aromatic rings. The molecule has 0 aliphatic carbocycles. The number of guanidine groups is 1. The molecule has 5 N–H and O–H groups in total. The lowest BCUT2D eigenvalue weighted by Gasteiger charge is -2.03. The van der Waals surface area contributed by atoms with Gasteiger partial charge in [0.1, 0.15) is 6.54 Å². The number of hydrogen-bond donors (Lipinski definition) is 4. The molecule has 0 heterocycles. The Balaban J connectivity index is 3.20. The number of carbonyl (C=O) groups is 1. The highest BCUT2D eigenvalue weighted by atomic mass is 16.5. The second-order valence-electron chi connectivity index (χ2n) is 1.47. The van der Waals surface area contributed by atoms with Gasteiger partial charge in [-0.15, -0.1) is 0 Å². The Hall–Kier alpha value is -1.30. The maximum Gasteiger partial charge on any atom is 0.321 e. The van der Waals surface area contributed by atoms with Crippen molar-refractivity contribution in [2.45, 2.75) is 0 Å². The molecule has 0 aromatic carbocycles. The van der Waals surface area contributed by atoms with Crippen LogP contribution in [0.1, 0.15) is 0 Å². The second kappa shape index (κ2) is 4.57. The van der Waals surface area contributed by atoms with Crippen LogP contribution in [0.15, 0.2) is 0 Å². The van der Waals surface area contributed by atoms with Gasteiger partial charge >= 0.3 is 5.97 Å². The van der Waals surface area contributed by atoms with E-state index in [1.165, 1.54) is 7.11 Å². The first-order valence-electron chi connectivity index (χ1n) is 2.56. The van der Waals surface area contributed by atoms with Gasteiger partial charge in [-0.05, 0) is 0 Å². The van der Waals surface area contributed by atoms with Gasteiger partial charge in [0.05, 0.1) is 7.11 Å². The van der Waals surface area contributed by atoms with E-state index in [1.807, 2.05) is 0 Å². The van der Waals surface area contributed by atoms with Crippen molar-refractivity contribution >= 4 is 11.9 Å². The molecule has 0 aromatic heterocycles. The van der Waals surface area contributed by atoms with Gasteiger partial charge in [-0.2, -0.15) is 0 Å². The molecule has 6 nitrogen and oxygen atoms in total. The Morgan fingerprint density at radius 2 is 2.40 bits per heavy atom. The summed E-state index contributed by atoms with van der Waals surface area (Å²) < 4.78 is 4.28. The fourth-order valence-electron chi connectivity index (χ4n) is 0.284. The van der Waals surface area contributed by atoms with E-state index >= 15 is 0 Å². The van der Waals surface area contributed by atoms with Crippen LogP contribution < -0.4 is 16.6 Å². The maximum absolute atomic E-state index is 10.4. The van der Waals surface area contributed by atoms with Crippen molar-refractivity contribution in [3.63, 3.8) is 0 Å². The number of methoxy groups -OCH3 is 1. The summed E-state index contributed by atoms with van der Waals surface area (Å²) in [5, 5.41) is 6.65. The van der Waals surface area contributed by atoms with Gasteiger partial charge < -0.3 is 10.5 Å². The van der Waals surface area contributed by atoms with Crippen LogP contribution in [0, 0.1) is 5.41 Å². The van der Waals surface area contributed by atoms with E-state index in [4.69, 9.17) is 11.1 Å². The van der Waals surface area contributed by atoms with Gasteiger partial charge in [-0.3, -0.25) is 15.6 Å². The molecule has 0 aliphatic heterocycles. The van der Waals surface area contributed by atoms with Crippen LogP contribution >= 0.6 is 0 Å². The van der Waals surface area contributed by atoms with Gasteiger partial charge in [-0.25, -0.2) is 5.43 Å². The Morgan fingerprint density at radius 1 is 1.80 bits per heavy atom. The SMILES string of the molecule is COC(=O)CNNC(=N)N. The first-order valence-corrected chi connectivity index (χ1v) is 2.56. The quantitative estimate of drug-likeness (QED) is 0.162. The van der Waals surface area contributed by atoms with Crippen molar-refractivity contribution in [1.29, 1.82) is 5.41 Å². The molecule has 0 atom stereocenters. The van der Waals surface area contributed by atoms with Gasteiger partial charge in [0.15, 0.2) is 5.96 Å². The van der Waals surface area contributed by atoms with Crippen molar-refractivity contribution < 1.29 is 9.53 Å². The molecule has 0 unspecified atom stereocenters. The molecular formula is C4H10N4O2. The Kier molecular flexibility index (Phi) is 3.97. The Morgan fingerprint density at radius 3 is 2.80 bits per heavy atom. The number of hydrogen-bond acceptors (Lipinski definition) is 4. The monoisotopic (exact) mass is 146 g/mol. The van der Waals surface area contributed by atoms with Crippen LogP contribution in [0.25, 0.3) is 0 Å². The van der Waals surface area contributed by atoms with Gasteiger partial charge in [0.2, 0.25) is 0 Å². The van der Waals surface area contributed by atoms with Crippen molar-refractivity contribution in [3.8, 4) is 0 Å². The summed E-state index contributed by atoms with van der Waals surface area (Å²) in [6.07, 6.45) is 0. The fraction of sp³-hybridized carbons (Fsp3) is 0.500. The third-order valence-corrected chi connectivity index (χ3v) is 0.683. The molecule has 0 amide bonds. The summed E-state index contributed by atoms with van der Waals surface area (Å²) >= 11 is 0. The summed E-state index contributed by atoms with van der Waals surface area (Å²) in [7, 11) is 1.28. The van der Waals surface area contributed by atoms with Crippen LogP contribution in [0.4, 0.5) is 0 Å². The average Bonchev–Trinajstić information content (AvgIpc) is 1.87. The highest BCUT2D eigenvalue weighted by Crippen LogP contribution is 1.65. The molecular weight excluding hydrogens is 136 g/mol. The largest absolute Gasteiger partial charge is 0.468 e. The number of carbonyl (C=O) groups excluding carboxylic acids is 1. The molecule has 6 heteroatoms. The van der Waals surface area contributed by atoms with E-state index in [1.54, 1.807) is 0 Å². The van der Waals surface area contributed by atoms with Crippen molar-refractivity contribution in [2.75, 3.05) is 13.7 Å². The summed E-state index contributed by atoms with van der Waals surface area (Å²) in [5.41, 5.74) is 9.46. The molecule has 0 rings (SSSR count). The first kappa shape index (κ1) is 8.70. The van der Waals surface area contributed by atoms with Crippen LogP contribution in [0.3, 0.4) is 0 Å². The van der Waals surface area contributed by atoms with Crippen LogP contribution in [0.2, 0.25) is 0 Å². The zero-order valence-corrected chi connectivity index (χ0v) is 5.60. The Bertz CT molecular complexity index is 135. The smallest absolute Gasteiger partial charge is 0.321 e. The molecule has 0 saturated carbocycles. The Labute approximate surface area is 58.2 Å².